The Labute approximate surface area is 107 Å². The molecule has 1 aromatic rings. The summed E-state index contributed by atoms with van der Waals surface area (Å²) >= 11 is 0. The second-order valence-electron chi connectivity index (χ2n) is 5.13. The molecule has 1 fully saturated rings. The Hall–Kier alpha value is -1.42. The van der Waals surface area contributed by atoms with Gasteiger partial charge < -0.3 is 10.6 Å². The van der Waals surface area contributed by atoms with Crippen molar-refractivity contribution in [3.05, 3.63) is 35.1 Å². The van der Waals surface area contributed by atoms with Crippen LogP contribution in [0.2, 0.25) is 0 Å². The van der Waals surface area contributed by atoms with E-state index in [2.05, 4.69) is 17.6 Å². The zero-order valence-corrected chi connectivity index (χ0v) is 10.8. The molecule has 1 amide bonds. The summed E-state index contributed by atoms with van der Waals surface area (Å²) in [6, 6.07) is 4.41. The van der Waals surface area contributed by atoms with E-state index in [4.69, 9.17) is 0 Å². The molecule has 1 aromatic carbocycles. The predicted molar refractivity (Wildman–Crippen MR) is 69.0 cm³/mol. The first-order chi connectivity index (χ1) is 8.56. The third-order valence-electron chi connectivity index (χ3n) is 3.34. The molecule has 1 aliphatic rings. The zero-order valence-electron chi connectivity index (χ0n) is 10.8. The number of aryl methyl sites for hydroxylation is 1. The Morgan fingerprint density at radius 2 is 2.22 bits per heavy atom. The van der Waals surface area contributed by atoms with Gasteiger partial charge in [0.05, 0.1) is 0 Å². The van der Waals surface area contributed by atoms with Crippen LogP contribution in [0.25, 0.3) is 0 Å². The van der Waals surface area contributed by atoms with Crippen LogP contribution in [0.15, 0.2) is 18.2 Å². The molecule has 3 nitrogen and oxygen atoms in total. The molecular weight excluding hydrogens is 231 g/mol. The Morgan fingerprint density at radius 1 is 1.44 bits per heavy atom. The summed E-state index contributed by atoms with van der Waals surface area (Å²) in [4.78, 5) is 12.1. The number of nitrogens with one attached hydrogen (secondary N) is 2. The molecule has 1 saturated heterocycles. The first-order valence-corrected chi connectivity index (χ1v) is 6.34. The largest absolute Gasteiger partial charge is 0.348 e. The molecule has 4 heteroatoms. The number of halogens is 1. The van der Waals surface area contributed by atoms with Crippen LogP contribution in [0.5, 0.6) is 0 Å². The fourth-order valence-electron chi connectivity index (χ4n) is 2.41. The van der Waals surface area contributed by atoms with Crippen molar-refractivity contribution in [3.63, 3.8) is 0 Å². The van der Waals surface area contributed by atoms with Crippen LogP contribution in [0, 0.1) is 18.7 Å². The summed E-state index contributed by atoms with van der Waals surface area (Å²) in [6.45, 7) is 5.71. The number of benzene rings is 1. The first kappa shape index (κ1) is 13.0. The van der Waals surface area contributed by atoms with E-state index in [1.165, 1.54) is 12.1 Å². The molecule has 98 valence electrons. The minimum Gasteiger partial charge on any atom is -0.348 e. The number of rotatable bonds is 2. The average molecular weight is 250 g/mol. The number of piperidine rings is 1. The lowest BCUT2D eigenvalue weighted by atomic mass is 9.97. The Morgan fingerprint density at radius 3 is 2.89 bits per heavy atom. The molecule has 1 aliphatic heterocycles. The number of amides is 1. The molecule has 2 unspecified atom stereocenters. The minimum absolute atomic E-state index is 0.117. The molecule has 2 rings (SSSR count). The van der Waals surface area contributed by atoms with Crippen LogP contribution in [-0.4, -0.2) is 25.0 Å². The molecule has 0 bridgehead atoms. The normalized spacial score (nSPS) is 23.7. The van der Waals surface area contributed by atoms with Gasteiger partial charge in [0.25, 0.3) is 5.91 Å². The van der Waals surface area contributed by atoms with Crippen LogP contribution in [-0.2, 0) is 0 Å². The van der Waals surface area contributed by atoms with Gasteiger partial charge in [-0.05, 0) is 49.6 Å². The van der Waals surface area contributed by atoms with E-state index < -0.39 is 0 Å². The van der Waals surface area contributed by atoms with Crippen molar-refractivity contribution in [2.24, 2.45) is 5.92 Å². The summed E-state index contributed by atoms with van der Waals surface area (Å²) in [5.41, 5.74) is 1.22. The zero-order chi connectivity index (χ0) is 13.1. The highest BCUT2D eigenvalue weighted by Gasteiger charge is 2.21. The van der Waals surface area contributed by atoms with E-state index in [9.17, 15) is 9.18 Å². The number of carbonyl (C=O) groups is 1. The van der Waals surface area contributed by atoms with Crippen molar-refractivity contribution in [1.82, 2.24) is 10.6 Å². The molecule has 2 N–H and O–H groups in total. The van der Waals surface area contributed by atoms with Gasteiger partial charge in [-0.1, -0.05) is 6.92 Å². The Bertz CT molecular complexity index is 447. The van der Waals surface area contributed by atoms with E-state index in [0.717, 1.165) is 19.5 Å². The lowest BCUT2D eigenvalue weighted by molar-refractivity contribution is 0.0924. The molecule has 2 atom stereocenters. The fourth-order valence-corrected chi connectivity index (χ4v) is 2.41. The van der Waals surface area contributed by atoms with Crippen LogP contribution in [0.4, 0.5) is 4.39 Å². The van der Waals surface area contributed by atoms with Gasteiger partial charge in [0.15, 0.2) is 0 Å². The van der Waals surface area contributed by atoms with Crippen molar-refractivity contribution in [2.75, 3.05) is 13.1 Å². The molecule has 0 radical (unpaired) electrons. The van der Waals surface area contributed by atoms with Crippen molar-refractivity contribution in [2.45, 2.75) is 26.3 Å². The summed E-state index contributed by atoms with van der Waals surface area (Å²) in [5.74, 6) is 0.142. The SMILES string of the molecule is Cc1cc(F)ccc1C(=O)NC1CNCC(C)C1. The molecule has 0 spiro atoms. The quantitative estimate of drug-likeness (QED) is 0.841. The van der Waals surface area contributed by atoms with Gasteiger partial charge in [-0.25, -0.2) is 4.39 Å². The van der Waals surface area contributed by atoms with Gasteiger partial charge in [-0.2, -0.15) is 0 Å². The molecule has 0 saturated carbocycles. The maximum Gasteiger partial charge on any atom is 0.251 e. The molecular formula is C14H19FN2O. The van der Waals surface area contributed by atoms with Gasteiger partial charge >= 0.3 is 0 Å². The Balaban J connectivity index is 2.03. The number of hydrogen-bond acceptors (Lipinski definition) is 2. The third kappa shape index (κ3) is 3.07. The maximum atomic E-state index is 13.0. The number of carbonyl (C=O) groups excluding carboxylic acids is 1. The highest BCUT2D eigenvalue weighted by atomic mass is 19.1. The van der Waals surface area contributed by atoms with Gasteiger partial charge in [-0.3, -0.25) is 4.79 Å². The summed E-state index contributed by atoms with van der Waals surface area (Å²) in [7, 11) is 0. The smallest absolute Gasteiger partial charge is 0.251 e. The van der Waals surface area contributed by atoms with E-state index in [1.54, 1.807) is 13.0 Å². The summed E-state index contributed by atoms with van der Waals surface area (Å²) in [6.07, 6.45) is 0.985. The second kappa shape index (κ2) is 5.48. The lowest BCUT2D eigenvalue weighted by Gasteiger charge is -2.28. The van der Waals surface area contributed by atoms with Gasteiger partial charge in [0.2, 0.25) is 0 Å². The lowest BCUT2D eigenvalue weighted by Crippen LogP contribution is -2.48. The van der Waals surface area contributed by atoms with Crippen LogP contribution in [0.3, 0.4) is 0 Å². The molecule has 0 aliphatic carbocycles. The molecule has 18 heavy (non-hydrogen) atoms. The van der Waals surface area contributed by atoms with E-state index in [0.29, 0.717) is 17.0 Å². The van der Waals surface area contributed by atoms with Crippen molar-refractivity contribution in [3.8, 4) is 0 Å². The van der Waals surface area contributed by atoms with Gasteiger partial charge in [0.1, 0.15) is 5.82 Å². The van der Waals surface area contributed by atoms with Gasteiger partial charge in [0, 0.05) is 18.2 Å². The number of hydrogen-bond donors (Lipinski definition) is 2. The molecule has 1 heterocycles. The van der Waals surface area contributed by atoms with E-state index >= 15 is 0 Å². The van der Waals surface area contributed by atoms with Crippen LogP contribution in [0.1, 0.15) is 29.3 Å². The first-order valence-electron chi connectivity index (χ1n) is 6.34. The van der Waals surface area contributed by atoms with Crippen LogP contribution < -0.4 is 10.6 Å². The maximum absolute atomic E-state index is 13.0. The monoisotopic (exact) mass is 250 g/mol. The van der Waals surface area contributed by atoms with Crippen molar-refractivity contribution >= 4 is 5.91 Å². The summed E-state index contributed by atoms with van der Waals surface area (Å²) < 4.78 is 13.0. The fraction of sp³-hybridized carbons (Fsp3) is 0.500. The second-order valence-corrected chi connectivity index (χ2v) is 5.13. The summed E-state index contributed by atoms with van der Waals surface area (Å²) in [5, 5.41) is 6.29. The van der Waals surface area contributed by atoms with E-state index in [-0.39, 0.29) is 17.8 Å². The standard InChI is InChI=1S/C14H19FN2O/c1-9-5-12(8-16-7-9)17-14(18)13-4-3-11(15)6-10(13)2/h3-4,6,9,12,16H,5,7-8H2,1-2H3,(H,17,18). The van der Waals surface area contributed by atoms with E-state index in [1.807, 2.05) is 0 Å². The average Bonchev–Trinajstić information content (AvgIpc) is 2.28. The van der Waals surface area contributed by atoms with Crippen LogP contribution >= 0.6 is 0 Å². The molecule has 0 aromatic heterocycles. The van der Waals surface area contributed by atoms with Crippen molar-refractivity contribution < 1.29 is 9.18 Å². The van der Waals surface area contributed by atoms with Crippen molar-refractivity contribution in [1.29, 1.82) is 0 Å². The minimum atomic E-state index is -0.308. The topological polar surface area (TPSA) is 41.1 Å². The highest BCUT2D eigenvalue weighted by molar-refractivity contribution is 5.95. The third-order valence-corrected chi connectivity index (χ3v) is 3.34. The predicted octanol–water partition coefficient (Wildman–Crippen LogP) is 1.86. The Kier molecular flexibility index (Phi) is 3.97. The highest BCUT2D eigenvalue weighted by Crippen LogP contribution is 2.13. The van der Waals surface area contributed by atoms with Gasteiger partial charge in [-0.15, -0.1) is 0 Å².